The number of nitrogens with one attached hydrogen (secondary N) is 1. The molecule has 1 aromatic carbocycles. The van der Waals surface area contributed by atoms with Crippen molar-refractivity contribution < 1.29 is 31.1 Å². The second-order valence-electron chi connectivity index (χ2n) is 8.60. The first-order valence-electron chi connectivity index (χ1n) is 12.1. The molecule has 2 aromatic heterocycles. The monoisotopic (exact) mass is 570 g/mol. The van der Waals surface area contributed by atoms with Gasteiger partial charge in [0, 0.05) is 31.5 Å². The van der Waals surface area contributed by atoms with Crippen LogP contribution in [0.25, 0.3) is 17.5 Å². The van der Waals surface area contributed by atoms with Crippen molar-refractivity contribution in [1.82, 2.24) is 25.1 Å². The van der Waals surface area contributed by atoms with E-state index in [0.29, 0.717) is 11.8 Å². The molecule has 0 saturated carbocycles. The van der Waals surface area contributed by atoms with Crippen LogP contribution >= 0.6 is 0 Å². The number of benzene rings is 1. The highest BCUT2D eigenvalue weighted by Crippen LogP contribution is 2.29. The molecule has 0 fully saturated rings. The summed E-state index contributed by atoms with van der Waals surface area (Å²) in [7, 11) is 1.93. The third kappa shape index (κ3) is 9.20. The predicted molar refractivity (Wildman–Crippen MR) is 138 cm³/mol. The Morgan fingerprint density at radius 2 is 1.75 bits per heavy atom. The molecule has 0 spiro atoms. The summed E-state index contributed by atoms with van der Waals surface area (Å²) in [5, 5.41) is 4.74. The number of aromatic amines is 1. The molecule has 40 heavy (non-hydrogen) atoms. The molecule has 0 unspecified atom stereocenters. The molecular formula is C26H28F6N6O2. The molecular weight excluding hydrogens is 542 g/mol. The third-order valence-corrected chi connectivity index (χ3v) is 5.51. The zero-order valence-electron chi connectivity index (χ0n) is 21.7. The zero-order valence-corrected chi connectivity index (χ0v) is 21.7. The molecule has 0 aliphatic carbocycles. The van der Waals surface area contributed by atoms with E-state index in [1.807, 2.05) is 18.1 Å². The van der Waals surface area contributed by atoms with E-state index in [2.05, 4.69) is 22.0 Å². The number of carbonyl (C=O) groups is 1. The number of unbranched alkanes of at least 4 members (excludes halogenated alkanes) is 3. The molecule has 3 aromatic rings. The van der Waals surface area contributed by atoms with E-state index in [1.54, 1.807) is 11.2 Å². The number of halogens is 6. The van der Waals surface area contributed by atoms with Gasteiger partial charge in [0.1, 0.15) is 11.4 Å². The summed E-state index contributed by atoms with van der Waals surface area (Å²) in [4.78, 5) is 31.5. The Labute approximate surface area is 226 Å². The van der Waals surface area contributed by atoms with Crippen molar-refractivity contribution in [2.75, 3.05) is 19.3 Å². The van der Waals surface area contributed by atoms with E-state index < -0.39 is 35.2 Å². The molecule has 0 atom stereocenters. The molecule has 0 radical (unpaired) electrons. The molecule has 0 saturated heterocycles. The van der Waals surface area contributed by atoms with E-state index in [4.69, 9.17) is 5.73 Å². The fraction of sp³-hybridized carbons (Fsp3) is 0.346. The van der Waals surface area contributed by atoms with Crippen LogP contribution in [0.1, 0.15) is 66.1 Å². The number of nitrogens with zero attached hydrogens (tertiary/aromatic N) is 4. The summed E-state index contributed by atoms with van der Waals surface area (Å²) in [6.45, 7) is 3.03. The maximum Gasteiger partial charge on any atom is 0.423 e. The van der Waals surface area contributed by atoms with E-state index in [-0.39, 0.29) is 22.5 Å². The molecule has 3 rings (SSSR count). The quantitative estimate of drug-likeness (QED) is 0.177. The first kappa shape index (κ1) is 32.0. The number of alkyl halides is 5. The molecule has 0 bridgehead atoms. The van der Waals surface area contributed by atoms with Gasteiger partial charge in [-0.15, -0.1) is 0 Å². The highest BCUT2D eigenvalue weighted by Gasteiger charge is 2.36. The van der Waals surface area contributed by atoms with Gasteiger partial charge in [-0.25, -0.2) is 28.2 Å². The fourth-order valence-corrected chi connectivity index (χ4v) is 3.39. The highest BCUT2D eigenvalue weighted by atomic mass is 19.4. The van der Waals surface area contributed by atoms with Crippen LogP contribution in [0.3, 0.4) is 0 Å². The maximum absolute atomic E-state index is 14.4. The average Bonchev–Trinajstić information content (AvgIpc) is 2.89. The molecule has 0 aliphatic heterocycles. The number of carbonyl (C=O) groups excluding carboxylic acids is 1. The van der Waals surface area contributed by atoms with Crippen LogP contribution in [-0.4, -0.2) is 44.9 Å². The Bertz CT molecular complexity index is 1340. The number of H-pyrrole nitrogens is 1. The smallest absolute Gasteiger partial charge is 0.397 e. The lowest BCUT2D eigenvalue weighted by Crippen LogP contribution is -2.24. The Morgan fingerprint density at radius 1 is 1.07 bits per heavy atom. The van der Waals surface area contributed by atoms with Gasteiger partial charge >= 0.3 is 6.18 Å². The summed E-state index contributed by atoms with van der Waals surface area (Å²) < 4.78 is 75.6. The van der Waals surface area contributed by atoms with Crippen LogP contribution < -0.4 is 11.3 Å². The fourth-order valence-electron chi connectivity index (χ4n) is 3.39. The van der Waals surface area contributed by atoms with E-state index in [9.17, 15) is 35.9 Å². The minimum atomic E-state index is -4.74. The Balaban J connectivity index is 0.000000389. The van der Waals surface area contributed by atoms with E-state index >= 15 is 0 Å². The third-order valence-electron chi connectivity index (χ3n) is 5.51. The summed E-state index contributed by atoms with van der Waals surface area (Å²) in [6.07, 6.45) is 3.96. The minimum absolute atomic E-state index is 0.0121. The van der Waals surface area contributed by atoms with Crippen LogP contribution in [0.5, 0.6) is 0 Å². The molecule has 0 aliphatic rings. The van der Waals surface area contributed by atoms with Crippen LogP contribution in [0.4, 0.5) is 32.0 Å². The molecule has 14 heteroatoms. The van der Waals surface area contributed by atoms with Gasteiger partial charge in [0.25, 0.3) is 12.0 Å². The molecule has 0 amide bonds. The van der Waals surface area contributed by atoms with E-state index in [1.165, 1.54) is 18.9 Å². The first-order valence-corrected chi connectivity index (χ1v) is 12.1. The first-order chi connectivity index (χ1) is 18.9. The molecule has 216 valence electrons. The van der Waals surface area contributed by atoms with Crippen molar-refractivity contribution in [2.45, 2.75) is 45.2 Å². The number of hydrogen-bond donors (Lipinski definition) is 2. The predicted octanol–water partition coefficient (Wildman–Crippen LogP) is 5.89. The number of hydrogen-bond acceptors (Lipinski definition) is 7. The lowest BCUT2D eigenvalue weighted by atomic mass is 10.0. The van der Waals surface area contributed by atoms with Crippen molar-refractivity contribution in [3.8, 4) is 11.4 Å². The van der Waals surface area contributed by atoms with Crippen molar-refractivity contribution >= 4 is 18.0 Å². The molecule has 2 heterocycles. The summed E-state index contributed by atoms with van der Waals surface area (Å²) in [5.41, 5.74) is 1.92. The topological polar surface area (TPSA) is 118 Å². The van der Waals surface area contributed by atoms with Crippen LogP contribution in [-0.2, 0) is 6.18 Å². The number of nitrogen functional groups attached to an aromatic ring is 1. The maximum atomic E-state index is 14.4. The van der Waals surface area contributed by atoms with Gasteiger partial charge in [0.05, 0.1) is 23.0 Å². The van der Waals surface area contributed by atoms with Crippen molar-refractivity contribution in [2.24, 2.45) is 0 Å². The second kappa shape index (κ2) is 14.8. The van der Waals surface area contributed by atoms with Gasteiger partial charge in [-0.1, -0.05) is 26.2 Å². The summed E-state index contributed by atoms with van der Waals surface area (Å²) >= 11 is 0. The van der Waals surface area contributed by atoms with Gasteiger partial charge in [0.2, 0.25) is 0 Å². The zero-order chi connectivity index (χ0) is 29.9. The average molecular weight is 571 g/mol. The number of aldehydes is 1. The number of rotatable bonds is 10. The Morgan fingerprint density at radius 3 is 2.27 bits per heavy atom. The summed E-state index contributed by atoms with van der Waals surface area (Å²) in [5.74, 6) is -0.695. The highest BCUT2D eigenvalue weighted by molar-refractivity contribution is 5.84. The number of aromatic nitrogens is 4. The number of anilines is 1. The SMILES string of the molecule is CCCCCCN(C)/C=C\c1cc(-c2ncc(C(F)F)cn2)c(F)cc1C=O.Nc1cn[nH]c(=O)c1C(F)(F)F. The minimum Gasteiger partial charge on any atom is -0.397 e. The lowest BCUT2D eigenvalue weighted by Gasteiger charge is -2.14. The van der Waals surface area contributed by atoms with Crippen LogP contribution in [0.2, 0.25) is 0 Å². The molecule has 8 nitrogen and oxygen atoms in total. The van der Waals surface area contributed by atoms with Crippen LogP contribution in [0, 0.1) is 5.82 Å². The van der Waals surface area contributed by atoms with Crippen LogP contribution in [0.15, 0.2) is 41.7 Å². The van der Waals surface area contributed by atoms with Crippen molar-refractivity contribution in [3.63, 3.8) is 0 Å². The van der Waals surface area contributed by atoms with Gasteiger partial charge < -0.3 is 10.6 Å². The van der Waals surface area contributed by atoms with Gasteiger partial charge in [-0.3, -0.25) is 9.59 Å². The largest absolute Gasteiger partial charge is 0.423 e. The number of nitrogens with two attached hydrogens (primary N) is 1. The Hall–Kier alpha value is -4.23. The van der Waals surface area contributed by atoms with Crippen molar-refractivity contribution in [1.29, 1.82) is 0 Å². The van der Waals surface area contributed by atoms with E-state index in [0.717, 1.165) is 44.0 Å². The van der Waals surface area contributed by atoms with Gasteiger partial charge in [0.15, 0.2) is 12.1 Å². The van der Waals surface area contributed by atoms with Crippen molar-refractivity contribution in [3.05, 3.63) is 75.3 Å². The second-order valence-corrected chi connectivity index (χ2v) is 8.60. The Kier molecular flexibility index (Phi) is 11.8. The molecule has 3 N–H and O–H groups in total. The van der Waals surface area contributed by atoms with Gasteiger partial charge in [-0.05, 0) is 36.4 Å². The standard InChI is InChI=1S/C21H24F3N3O.C5H4F3N3O/c1-3-4-5-6-8-27(2)9-7-15-10-18(19(22)11-16(15)14-28)21-25-12-17(13-26-21)20(23)24;6-5(7,8)3-2(9)1-10-11-4(3)12/h7,9-14,20H,3-6,8H2,1-2H3;1H,(H3,9,11,12)/b9-7-;. The lowest BCUT2D eigenvalue weighted by molar-refractivity contribution is -0.138. The van der Waals surface area contributed by atoms with Gasteiger partial charge in [-0.2, -0.15) is 18.3 Å². The normalized spacial score (nSPS) is 11.4. The summed E-state index contributed by atoms with van der Waals surface area (Å²) in [6, 6.07) is 2.56.